The molecule has 1 aromatic rings. The summed E-state index contributed by atoms with van der Waals surface area (Å²) in [6.07, 6.45) is 13.5. The first-order valence-corrected chi connectivity index (χ1v) is 5.92. The Balaban J connectivity index is 0.000000181. The molecule has 1 aliphatic rings. The molecule has 90 valence electrons. The topological polar surface area (TPSA) is 3.24 Å². The van der Waals surface area contributed by atoms with Crippen LogP contribution < -0.4 is 4.90 Å². The number of nitrogens with zero attached hydrogens (tertiary/aromatic N) is 1. The first-order chi connectivity index (χ1) is 8.20. The van der Waals surface area contributed by atoms with Gasteiger partial charge in [0, 0.05) is 19.8 Å². The van der Waals surface area contributed by atoms with Gasteiger partial charge in [-0.05, 0) is 25.5 Å². The second-order valence-corrected chi connectivity index (χ2v) is 4.21. The van der Waals surface area contributed by atoms with Crippen molar-refractivity contribution in [3.63, 3.8) is 0 Å². The summed E-state index contributed by atoms with van der Waals surface area (Å²) in [7, 11) is 4.09. The smallest absolute Gasteiger partial charge is 0.0361 e. The van der Waals surface area contributed by atoms with Crippen LogP contribution in [0.1, 0.15) is 12.0 Å². The SMILES string of the molecule is C1=CC=CCC=C1.Cc1ccc(N(C)C)cc1. The van der Waals surface area contributed by atoms with Gasteiger partial charge in [-0.2, -0.15) is 0 Å². The van der Waals surface area contributed by atoms with Crippen molar-refractivity contribution in [1.82, 2.24) is 0 Å². The largest absolute Gasteiger partial charge is 0.378 e. The van der Waals surface area contributed by atoms with E-state index in [2.05, 4.69) is 60.4 Å². The third-order valence-corrected chi connectivity index (χ3v) is 2.43. The highest BCUT2D eigenvalue weighted by atomic mass is 15.1. The fourth-order valence-corrected chi connectivity index (χ4v) is 1.36. The lowest BCUT2D eigenvalue weighted by molar-refractivity contribution is 1.13. The molecule has 0 spiro atoms. The third-order valence-electron chi connectivity index (χ3n) is 2.43. The number of anilines is 1. The summed E-state index contributed by atoms with van der Waals surface area (Å²) in [4.78, 5) is 2.10. The third kappa shape index (κ3) is 5.76. The van der Waals surface area contributed by atoms with E-state index in [4.69, 9.17) is 0 Å². The van der Waals surface area contributed by atoms with Gasteiger partial charge in [-0.1, -0.05) is 54.2 Å². The lowest BCUT2D eigenvalue weighted by atomic mass is 10.2. The molecule has 0 unspecified atom stereocenters. The molecule has 0 N–H and O–H groups in total. The highest BCUT2D eigenvalue weighted by molar-refractivity contribution is 5.45. The minimum absolute atomic E-state index is 1.08. The van der Waals surface area contributed by atoms with Crippen LogP contribution in [-0.4, -0.2) is 14.1 Å². The minimum atomic E-state index is 1.08. The van der Waals surface area contributed by atoms with E-state index in [0.29, 0.717) is 0 Å². The summed E-state index contributed by atoms with van der Waals surface area (Å²) in [6.45, 7) is 2.10. The molecule has 0 radical (unpaired) electrons. The summed E-state index contributed by atoms with van der Waals surface area (Å²) < 4.78 is 0. The van der Waals surface area contributed by atoms with Crippen LogP contribution in [0.25, 0.3) is 0 Å². The lowest BCUT2D eigenvalue weighted by Gasteiger charge is -2.11. The van der Waals surface area contributed by atoms with Crippen molar-refractivity contribution >= 4 is 5.69 Å². The molecular formula is C16H21N. The first kappa shape index (κ1) is 13.3. The van der Waals surface area contributed by atoms with Gasteiger partial charge in [0.15, 0.2) is 0 Å². The van der Waals surface area contributed by atoms with Crippen molar-refractivity contribution in [3.8, 4) is 0 Å². The molecule has 0 aliphatic heterocycles. The van der Waals surface area contributed by atoms with Crippen molar-refractivity contribution in [2.45, 2.75) is 13.3 Å². The lowest BCUT2D eigenvalue weighted by Crippen LogP contribution is -2.07. The van der Waals surface area contributed by atoms with E-state index in [-0.39, 0.29) is 0 Å². The molecule has 0 bridgehead atoms. The number of allylic oxidation sites excluding steroid dienone is 6. The zero-order valence-electron chi connectivity index (χ0n) is 10.9. The Morgan fingerprint density at radius 3 is 1.82 bits per heavy atom. The second kappa shape index (κ2) is 7.50. The normalized spacial score (nSPS) is 12.6. The van der Waals surface area contributed by atoms with E-state index in [1.54, 1.807) is 0 Å². The standard InChI is InChI=1S/C9H13N.C7H8/c1-8-4-6-9(7-5-8)10(2)3;1-2-4-6-7-5-3-1/h4-7H,1-3H3;1-6H,7H2. The Hall–Kier alpha value is -1.76. The molecule has 1 aliphatic carbocycles. The molecule has 1 heteroatoms. The molecular weight excluding hydrogens is 206 g/mol. The van der Waals surface area contributed by atoms with Gasteiger partial charge in [0.05, 0.1) is 0 Å². The Bertz CT molecular complexity index is 380. The van der Waals surface area contributed by atoms with Crippen LogP contribution in [0.15, 0.2) is 60.7 Å². The van der Waals surface area contributed by atoms with Crippen molar-refractivity contribution in [3.05, 3.63) is 66.3 Å². The minimum Gasteiger partial charge on any atom is -0.378 e. The van der Waals surface area contributed by atoms with Crippen LogP contribution >= 0.6 is 0 Å². The maximum Gasteiger partial charge on any atom is 0.0361 e. The van der Waals surface area contributed by atoms with E-state index in [9.17, 15) is 0 Å². The molecule has 0 saturated heterocycles. The van der Waals surface area contributed by atoms with Gasteiger partial charge in [-0.25, -0.2) is 0 Å². The Morgan fingerprint density at radius 1 is 0.824 bits per heavy atom. The molecule has 0 atom stereocenters. The molecule has 17 heavy (non-hydrogen) atoms. The second-order valence-electron chi connectivity index (χ2n) is 4.21. The summed E-state index contributed by atoms with van der Waals surface area (Å²) >= 11 is 0. The summed E-state index contributed by atoms with van der Waals surface area (Å²) in [6, 6.07) is 8.48. The average molecular weight is 227 g/mol. The molecule has 0 aromatic heterocycles. The van der Waals surface area contributed by atoms with Gasteiger partial charge >= 0.3 is 0 Å². The van der Waals surface area contributed by atoms with E-state index in [1.807, 2.05) is 26.2 Å². The van der Waals surface area contributed by atoms with Crippen LogP contribution in [0.2, 0.25) is 0 Å². The maximum atomic E-state index is 2.12. The van der Waals surface area contributed by atoms with Gasteiger partial charge in [-0.15, -0.1) is 0 Å². The van der Waals surface area contributed by atoms with Crippen LogP contribution in [-0.2, 0) is 0 Å². The summed E-state index contributed by atoms with van der Waals surface area (Å²) in [5, 5.41) is 0. The van der Waals surface area contributed by atoms with E-state index < -0.39 is 0 Å². The van der Waals surface area contributed by atoms with Crippen LogP contribution in [0.3, 0.4) is 0 Å². The Labute approximate surface area is 105 Å². The van der Waals surface area contributed by atoms with Gasteiger partial charge in [0.25, 0.3) is 0 Å². The van der Waals surface area contributed by atoms with Gasteiger partial charge in [-0.3, -0.25) is 0 Å². The fourth-order valence-electron chi connectivity index (χ4n) is 1.36. The molecule has 0 heterocycles. The van der Waals surface area contributed by atoms with Gasteiger partial charge in [0.1, 0.15) is 0 Å². The van der Waals surface area contributed by atoms with Crippen LogP contribution in [0, 0.1) is 6.92 Å². The number of hydrogen-bond donors (Lipinski definition) is 0. The number of rotatable bonds is 1. The number of hydrogen-bond acceptors (Lipinski definition) is 1. The highest BCUT2D eigenvalue weighted by Crippen LogP contribution is 2.10. The van der Waals surface area contributed by atoms with Crippen molar-refractivity contribution in [2.75, 3.05) is 19.0 Å². The average Bonchev–Trinajstić information content (AvgIpc) is 2.62. The zero-order chi connectivity index (χ0) is 12.5. The number of benzene rings is 1. The predicted octanol–water partition coefficient (Wildman–Crippen LogP) is 4.12. The van der Waals surface area contributed by atoms with E-state index in [0.717, 1.165) is 6.42 Å². The van der Waals surface area contributed by atoms with Gasteiger partial charge < -0.3 is 4.90 Å². The Kier molecular flexibility index (Phi) is 5.87. The summed E-state index contributed by atoms with van der Waals surface area (Å²) in [5.74, 6) is 0. The zero-order valence-corrected chi connectivity index (χ0v) is 10.9. The van der Waals surface area contributed by atoms with Gasteiger partial charge in [0.2, 0.25) is 0 Å². The van der Waals surface area contributed by atoms with Crippen molar-refractivity contribution in [2.24, 2.45) is 0 Å². The molecule has 2 rings (SSSR count). The van der Waals surface area contributed by atoms with E-state index in [1.165, 1.54) is 11.3 Å². The molecule has 0 amide bonds. The number of aryl methyl sites for hydroxylation is 1. The Morgan fingerprint density at radius 2 is 1.35 bits per heavy atom. The van der Waals surface area contributed by atoms with Crippen molar-refractivity contribution in [1.29, 1.82) is 0 Å². The first-order valence-electron chi connectivity index (χ1n) is 5.92. The molecule has 0 saturated carbocycles. The molecule has 1 nitrogen and oxygen atoms in total. The van der Waals surface area contributed by atoms with Crippen LogP contribution in [0.5, 0.6) is 0 Å². The van der Waals surface area contributed by atoms with Crippen molar-refractivity contribution < 1.29 is 0 Å². The van der Waals surface area contributed by atoms with E-state index >= 15 is 0 Å². The summed E-state index contributed by atoms with van der Waals surface area (Å²) in [5.41, 5.74) is 2.57. The van der Waals surface area contributed by atoms with Crippen LogP contribution in [0.4, 0.5) is 5.69 Å². The highest BCUT2D eigenvalue weighted by Gasteiger charge is 1.90. The quantitative estimate of drug-likeness (QED) is 0.697. The molecule has 0 fully saturated rings. The fraction of sp³-hybridized carbons (Fsp3) is 0.250. The maximum absolute atomic E-state index is 2.12. The predicted molar refractivity (Wildman–Crippen MR) is 77.5 cm³/mol. The monoisotopic (exact) mass is 227 g/mol. The molecule has 1 aromatic carbocycles.